The molecule has 4 aromatic rings. The molecule has 0 unspecified atom stereocenters. The second kappa shape index (κ2) is 7.87. The third-order valence-electron chi connectivity index (χ3n) is 5.75. The number of imidazole rings is 1. The number of nitrogens with zero attached hydrogens (tertiary/aromatic N) is 5. The molecule has 1 aromatic carbocycles. The smallest absolute Gasteiger partial charge is 0.165 e. The topological polar surface area (TPSA) is 56.1 Å². The Bertz CT molecular complexity index is 1200. The van der Waals surface area contributed by atoms with Crippen molar-refractivity contribution >= 4 is 11.2 Å². The maximum atomic E-state index is 5.83. The zero-order valence-corrected chi connectivity index (χ0v) is 18.2. The summed E-state index contributed by atoms with van der Waals surface area (Å²) in [6.45, 7) is 9.97. The zero-order chi connectivity index (χ0) is 21.4. The Morgan fingerprint density at radius 1 is 0.968 bits per heavy atom. The minimum Gasteiger partial charge on any atom is -0.373 e. The van der Waals surface area contributed by atoms with Crippen molar-refractivity contribution < 1.29 is 4.74 Å². The number of pyridine rings is 2. The predicted molar refractivity (Wildman–Crippen MR) is 122 cm³/mol. The van der Waals surface area contributed by atoms with E-state index in [0.29, 0.717) is 0 Å². The van der Waals surface area contributed by atoms with E-state index in [0.717, 1.165) is 60.2 Å². The monoisotopic (exact) mass is 413 g/mol. The summed E-state index contributed by atoms with van der Waals surface area (Å²) in [7, 11) is 0. The summed E-state index contributed by atoms with van der Waals surface area (Å²) in [4.78, 5) is 16.2. The molecule has 6 nitrogen and oxygen atoms in total. The molecule has 0 amide bonds. The van der Waals surface area contributed by atoms with Gasteiger partial charge in [0.25, 0.3) is 0 Å². The van der Waals surface area contributed by atoms with Gasteiger partial charge in [-0.25, -0.2) is 9.97 Å². The van der Waals surface area contributed by atoms with Crippen molar-refractivity contribution in [2.45, 2.75) is 32.9 Å². The van der Waals surface area contributed by atoms with Crippen molar-refractivity contribution in [3.05, 3.63) is 72.3 Å². The number of hydrogen-bond acceptors (Lipinski definition) is 5. The minimum absolute atomic E-state index is 0.0801. The Kier molecular flexibility index (Phi) is 5.04. The second-order valence-corrected chi connectivity index (χ2v) is 8.75. The van der Waals surface area contributed by atoms with E-state index in [1.165, 1.54) is 5.56 Å². The standard InChI is InChI=1S/C25H27N5O/c1-18-27-23-9-8-22(20-10-12-26-13-11-20)28-24(23)30(18)21-6-4-19(5-7-21)16-29-14-15-31-25(2,3)17-29/h4-13H,14-17H2,1-3H3. The zero-order valence-electron chi connectivity index (χ0n) is 18.2. The van der Waals surface area contributed by atoms with E-state index in [9.17, 15) is 0 Å². The van der Waals surface area contributed by atoms with E-state index in [2.05, 4.69) is 52.6 Å². The first-order chi connectivity index (χ1) is 15.0. The molecule has 0 radical (unpaired) electrons. The molecule has 1 saturated heterocycles. The van der Waals surface area contributed by atoms with Gasteiger partial charge in [0.05, 0.1) is 17.9 Å². The van der Waals surface area contributed by atoms with Crippen molar-refractivity contribution in [2.75, 3.05) is 19.7 Å². The maximum Gasteiger partial charge on any atom is 0.165 e. The van der Waals surface area contributed by atoms with E-state index < -0.39 is 0 Å². The number of ether oxygens (including phenoxy) is 1. The van der Waals surface area contributed by atoms with Gasteiger partial charge in [0.2, 0.25) is 0 Å². The van der Waals surface area contributed by atoms with Gasteiger partial charge < -0.3 is 4.74 Å². The van der Waals surface area contributed by atoms with Gasteiger partial charge in [-0.15, -0.1) is 0 Å². The molecule has 0 N–H and O–H groups in total. The van der Waals surface area contributed by atoms with Crippen LogP contribution in [0.25, 0.3) is 28.1 Å². The van der Waals surface area contributed by atoms with Gasteiger partial charge in [-0.2, -0.15) is 0 Å². The van der Waals surface area contributed by atoms with Gasteiger partial charge >= 0.3 is 0 Å². The van der Waals surface area contributed by atoms with Crippen LogP contribution in [0.3, 0.4) is 0 Å². The third kappa shape index (κ3) is 4.09. The third-order valence-corrected chi connectivity index (χ3v) is 5.75. The molecule has 1 fully saturated rings. The molecule has 0 spiro atoms. The summed E-state index contributed by atoms with van der Waals surface area (Å²) in [5.41, 5.74) is 6.03. The SMILES string of the molecule is Cc1nc2ccc(-c3ccncc3)nc2n1-c1ccc(CN2CCOC(C)(C)C2)cc1. The maximum absolute atomic E-state index is 5.83. The van der Waals surface area contributed by atoms with Crippen LogP contribution in [0.15, 0.2) is 60.9 Å². The summed E-state index contributed by atoms with van der Waals surface area (Å²) in [6.07, 6.45) is 3.58. The van der Waals surface area contributed by atoms with Crippen LogP contribution in [0, 0.1) is 6.92 Å². The number of hydrogen-bond donors (Lipinski definition) is 0. The van der Waals surface area contributed by atoms with Crippen molar-refractivity contribution in [1.82, 2.24) is 24.4 Å². The Balaban J connectivity index is 1.44. The van der Waals surface area contributed by atoms with Crippen LogP contribution in [0.2, 0.25) is 0 Å². The Morgan fingerprint density at radius 3 is 2.48 bits per heavy atom. The van der Waals surface area contributed by atoms with Crippen LogP contribution in [-0.2, 0) is 11.3 Å². The van der Waals surface area contributed by atoms with Crippen molar-refractivity contribution in [3.8, 4) is 16.9 Å². The normalized spacial score (nSPS) is 16.6. The summed E-state index contributed by atoms with van der Waals surface area (Å²) < 4.78 is 7.96. The summed E-state index contributed by atoms with van der Waals surface area (Å²) in [5.74, 6) is 0.928. The molecule has 158 valence electrons. The molecule has 3 aromatic heterocycles. The lowest BCUT2D eigenvalue weighted by molar-refractivity contribution is -0.0882. The largest absolute Gasteiger partial charge is 0.373 e. The average molecular weight is 414 g/mol. The lowest BCUT2D eigenvalue weighted by atomic mass is 10.1. The molecule has 1 aliphatic rings. The highest BCUT2D eigenvalue weighted by molar-refractivity contribution is 5.78. The van der Waals surface area contributed by atoms with Crippen LogP contribution in [0.4, 0.5) is 0 Å². The first kappa shape index (κ1) is 19.8. The average Bonchev–Trinajstić information content (AvgIpc) is 3.09. The molecule has 0 atom stereocenters. The lowest BCUT2D eigenvalue weighted by Gasteiger charge is -2.38. The Labute approximate surface area is 182 Å². The number of rotatable bonds is 4. The Morgan fingerprint density at radius 2 is 1.74 bits per heavy atom. The molecule has 0 bridgehead atoms. The van der Waals surface area contributed by atoms with E-state index in [4.69, 9.17) is 14.7 Å². The van der Waals surface area contributed by atoms with Crippen LogP contribution in [-0.4, -0.2) is 49.7 Å². The molecule has 0 aliphatic carbocycles. The highest BCUT2D eigenvalue weighted by Crippen LogP contribution is 2.25. The fourth-order valence-corrected chi connectivity index (χ4v) is 4.32. The summed E-state index contributed by atoms with van der Waals surface area (Å²) >= 11 is 0. The predicted octanol–water partition coefficient (Wildman–Crippen LogP) is 4.40. The van der Waals surface area contributed by atoms with Crippen LogP contribution in [0.1, 0.15) is 25.2 Å². The fraction of sp³-hybridized carbons (Fsp3) is 0.320. The molecule has 0 saturated carbocycles. The van der Waals surface area contributed by atoms with Gasteiger partial charge in [0.15, 0.2) is 5.65 Å². The van der Waals surface area contributed by atoms with Crippen molar-refractivity contribution in [1.29, 1.82) is 0 Å². The molecular formula is C25H27N5O. The van der Waals surface area contributed by atoms with Crippen molar-refractivity contribution in [3.63, 3.8) is 0 Å². The first-order valence-electron chi connectivity index (χ1n) is 10.7. The number of aromatic nitrogens is 4. The minimum atomic E-state index is -0.0801. The molecular weight excluding hydrogens is 386 g/mol. The Hall–Kier alpha value is -3.09. The van der Waals surface area contributed by atoms with Gasteiger partial charge in [-0.1, -0.05) is 12.1 Å². The van der Waals surface area contributed by atoms with E-state index in [1.807, 2.05) is 31.2 Å². The summed E-state index contributed by atoms with van der Waals surface area (Å²) in [6, 6.07) is 16.7. The quantitative estimate of drug-likeness (QED) is 0.496. The number of fused-ring (bicyclic) bond motifs is 1. The molecule has 6 heteroatoms. The molecule has 5 rings (SSSR count). The fourth-order valence-electron chi connectivity index (χ4n) is 4.32. The van der Waals surface area contributed by atoms with Crippen LogP contribution < -0.4 is 0 Å². The van der Waals surface area contributed by atoms with Crippen LogP contribution in [0.5, 0.6) is 0 Å². The summed E-state index contributed by atoms with van der Waals surface area (Å²) in [5, 5.41) is 0. The second-order valence-electron chi connectivity index (χ2n) is 8.75. The van der Waals surface area contributed by atoms with Gasteiger partial charge in [-0.3, -0.25) is 14.5 Å². The van der Waals surface area contributed by atoms with Gasteiger partial charge in [-0.05, 0) is 62.7 Å². The molecule has 1 aliphatic heterocycles. The number of aryl methyl sites for hydroxylation is 1. The highest BCUT2D eigenvalue weighted by atomic mass is 16.5. The van der Waals surface area contributed by atoms with E-state index >= 15 is 0 Å². The van der Waals surface area contributed by atoms with E-state index in [1.54, 1.807) is 12.4 Å². The number of morpholine rings is 1. The van der Waals surface area contributed by atoms with Gasteiger partial charge in [0.1, 0.15) is 11.3 Å². The van der Waals surface area contributed by atoms with Gasteiger partial charge in [0, 0.05) is 43.3 Å². The van der Waals surface area contributed by atoms with Crippen LogP contribution >= 0.6 is 0 Å². The highest BCUT2D eigenvalue weighted by Gasteiger charge is 2.27. The number of benzene rings is 1. The van der Waals surface area contributed by atoms with Crippen molar-refractivity contribution in [2.24, 2.45) is 0 Å². The first-order valence-corrected chi connectivity index (χ1v) is 10.7. The molecule has 31 heavy (non-hydrogen) atoms. The molecule has 4 heterocycles. The van der Waals surface area contributed by atoms with E-state index in [-0.39, 0.29) is 5.60 Å². The lowest BCUT2D eigenvalue weighted by Crippen LogP contribution is -2.47.